The van der Waals surface area contributed by atoms with Crippen LogP contribution in [0.1, 0.15) is 38.5 Å². The molecule has 0 aromatic carbocycles. The fourth-order valence-corrected chi connectivity index (χ4v) is 5.40. The van der Waals surface area contributed by atoms with Gasteiger partial charge in [-0.15, -0.1) is 0 Å². The van der Waals surface area contributed by atoms with E-state index in [0.717, 1.165) is 0 Å². The lowest BCUT2D eigenvalue weighted by molar-refractivity contribution is -0.228. The largest absolute Gasteiger partial charge is 0.384 e. The van der Waals surface area contributed by atoms with E-state index in [0.29, 0.717) is 4.90 Å². The minimum Gasteiger partial charge on any atom is -0.384 e. The molecule has 2 atom stereocenters. The van der Waals surface area contributed by atoms with Gasteiger partial charge in [-0.2, -0.15) is 0 Å². The zero-order valence-electron chi connectivity index (χ0n) is 14.1. The highest BCUT2D eigenvalue weighted by Crippen LogP contribution is 2.69. The van der Waals surface area contributed by atoms with Crippen molar-refractivity contribution in [3.63, 3.8) is 0 Å². The summed E-state index contributed by atoms with van der Waals surface area (Å²) < 4.78 is 81.1. The van der Waals surface area contributed by atoms with Gasteiger partial charge in [-0.25, -0.2) is 26.3 Å². The van der Waals surface area contributed by atoms with Crippen LogP contribution in [0.25, 0.3) is 0 Å². The van der Waals surface area contributed by atoms with Crippen LogP contribution >= 0.6 is 0 Å². The van der Waals surface area contributed by atoms with Gasteiger partial charge in [-0.05, 0) is 25.7 Å². The van der Waals surface area contributed by atoms with Gasteiger partial charge < -0.3 is 15.3 Å². The number of amides is 2. The van der Waals surface area contributed by atoms with Gasteiger partial charge in [-0.3, -0.25) is 9.59 Å². The van der Waals surface area contributed by atoms with Crippen LogP contribution in [0.3, 0.4) is 0 Å². The summed E-state index contributed by atoms with van der Waals surface area (Å²) >= 11 is 0. The molecule has 0 radical (unpaired) electrons. The molecule has 2 N–H and O–H groups in total. The van der Waals surface area contributed by atoms with Crippen molar-refractivity contribution < 1.29 is 41.0 Å². The summed E-state index contributed by atoms with van der Waals surface area (Å²) in [5, 5.41) is 12.2. The normalized spacial score (nSPS) is 43.6. The molecule has 5 nitrogen and oxygen atoms in total. The van der Waals surface area contributed by atoms with Crippen molar-refractivity contribution in [2.45, 2.75) is 74.0 Å². The Hall–Kier alpha value is -1.52. The third kappa shape index (κ3) is 2.42. The fourth-order valence-electron chi connectivity index (χ4n) is 5.40. The second kappa shape index (κ2) is 5.09. The molecule has 1 heterocycles. The van der Waals surface area contributed by atoms with E-state index < -0.39 is 78.5 Å². The average Bonchev–Trinajstić information content (AvgIpc) is 2.89. The zero-order chi connectivity index (χ0) is 20.0. The van der Waals surface area contributed by atoms with E-state index in [-0.39, 0.29) is 19.3 Å². The van der Waals surface area contributed by atoms with Gasteiger partial charge in [0.1, 0.15) is 6.10 Å². The molecule has 4 aliphatic carbocycles. The first-order valence-corrected chi connectivity index (χ1v) is 8.63. The van der Waals surface area contributed by atoms with Gasteiger partial charge in [-0.1, -0.05) is 0 Å². The smallest absolute Gasteiger partial charge is 0.312 e. The van der Waals surface area contributed by atoms with E-state index in [2.05, 4.69) is 5.32 Å². The number of hydrogen-bond donors (Lipinski definition) is 2. The van der Waals surface area contributed by atoms with Crippen LogP contribution < -0.4 is 5.32 Å². The Kier molecular flexibility index (Phi) is 3.55. The van der Waals surface area contributed by atoms with Crippen molar-refractivity contribution in [2.24, 2.45) is 5.41 Å². The van der Waals surface area contributed by atoms with E-state index in [1.807, 2.05) is 0 Å². The van der Waals surface area contributed by atoms with Crippen molar-refractivity contribution in [1.29, 1.82) is 0 Å². The van der Waals surface area contributed by atoms with E-state index >= 15 is 0 Å². The number of carbonyl (C=O) groups excluding carboxylic acids is 2. The number of nitrogens with zero attached hydrogens (tertiary/aromatic N) is 1. The number of aliphatic hydroxyl groups excluding tert-OH is 1. The molecule has 1 saturated heterocycles. The number of rotatable bonds is 2. The third-order valence-electron chi connectivity index (χ3n) is 6.66. The molecule has 5 aliphatic rings. The summed E-state index contributed by atoms with van der Waals surface area (Å²) in [6, 6.07) is 0. The quantitative estimate of drug-likeness (QED) is 0.548. The van der Waals surface area contributed by atoms with Crippen molar-refractivity contribution in [2.75, 3.05) is 6.54 Å². The number of carbonyl (C=O) groups is 2. The first kappa shape index (κ1) is 18.8. The zero-order valence-corrected chi connectivity index (χ0v) is 14.1. The maximum atomic E-state index is 14.0. The van der Waals surface area contributed by atoms with Crippen LogP contribution in [0.4, 0.5) is 26.3 Å². The SMILES string of the molecule is O=C(NC12CC(C(F)F)(C1)C2)C(=O)N1CC(F)(F)[C@H](O)[C@]12CCC(F)(F)C2. The highest BCUT2D eigenvalue weighted by molar-refractivity contribution is 6.35. The predicted octanol–water partition coefficient (Wildman–Crippen LogP) is 1.69. The summed E-state index contributed by atoms with van der Waals surface area (Å²) in [7, 11) is 0. The van der Waals surface area contributed by atoms with E-state index in [4.69, 9.17) is 0 Å². The number of alkyl halides is 6. The maximum Gasteiger partial charge on any atom is 0.312 e. The number of aliphatic hydroxyl groups is 1. The molecular formula is C16H18F6N2O3. The molecule has 1 aliphatic heterocycles. The molecule has 2 amide bonds. The van der Waals surface area contributed by atoms with Crippen molar-refractivity contribution in [3.8, 4) is 0 Å². The Balaban J connectivity index is 1.50. The van der Waals surface area contributed by atoms with Crippen molar-refractivity contribution in [1.82, 2.24) is 10.2 Å². The Bertz CT molecular complexity index is 694. The molecule has 11 heteroatoms. The Morgan fingerprint density at radius 3 is 2.11 bits per heavy atom. The molecule has 27 heavy (non-hydrogen) atoms. The fraction of sp³-hybridized carbons (Fsp3) is 0.875. The third-order valence-corrected chi connectivity index (χ3v) is 6.66. The number of hydrogen-bond acceptors (Lipinski definition) is 3. The lowest BCUT2D eigenvalue weighted by Gasteiger charge is -2.69. The number of likely N-dealkylation sites (tertiary alicyclic amines) is 1. The van der Waals surface area contributed by atoms with E-state index in [1.54, 1.807) is 0 Å². The Morgan fingerprint density at radius 2 is 1.63 bits per heavy atom. The number of nitrogens with one attached hydrogen (secondary N) is 1. The first-order chi connectivity index (χ1) is 12.3. The Morgan fingerprint density at radius 1 is 1.04 bits per heavy atom. The van der Waals surface area contributed by atoms with E-state index in [1.165, 1.54) is 0 Å². The monoisotopic (exact) mass is 400 g/mol. The van der Waals surface area contributed by atoms with Crippen LogP contribution in [0.5, 0.6) is 0 Å². The lowest BCUT2D eigenvalue weighted by Crippen LogP contribution is -2.77. The van der Waals surface area contributed by atoms with Gasteiger partial charge >= 0.3 is 11.8 Å². The Labute approximate surface area is 150 Å². The van der Waals surface area contributed by atoms with Crippen molar-refractivity contribution >= 4 is 11.8 Å². The van der Waals surface area contributed by atoms with Crippen LogP contribution in [-0.2, 0) is 9.59 Å². The molecule has 0 unspecified atom stereocenters. The highest BCUT2D eigenvalue weighted by Gasteiger charge is 2.74. The van der Waals surface area contributed by atoms with Crippen molar-refractivity contribution in [3.05, 3.63) is 0 Å². The summed E-state index contributed by atoms with van der Waals surface area (Å²) in [6.45, 7) is -1.34. The molecule has 2 bridgehead atoms. The molecule has 152 valence electrons. The molecule has 0 aromatic rings. The maximum absolute atomic E-state index is 14.0. The van der Waals surface area contributed by atoms with E-state index in [9.17, 15) is 41.0 Å². The van der Waals surface area contributed by atoms with Crippen LogP contribution in [0.2, 0.25) is 0 Å². The number of halogens is 6. The summed E-state index contributed by atoms with van der Waals surface area (Å²) in [4.78, 5) is 25.1. The molecule has 0 aromatic heterocycles. The molecule has 5 fully saturated rings. The molecule has 1 spiro atoms. The average molecular weight is 400 g/mol. The molecule has 4 saturated carbocycles. The first-order valence-electron chi connectivity index (χ1n) is 8.63. The minimum absolute atomic E-state index is 0.0152. The molecule has 5 rings (SSSR count). The van der Waals surface area contributed by atoms with Crippen LogP contribution in [-0.4, -0.2) is 63.8 Å². The summed E-state index contributed by atoms with van der Waals surface area (Å²) in [5.41, 5.74) is -4.34. The van der Waals surface area contributed by atoms with Crippen LogP contribution in [0.15, 0.2) is 0 Å². The second-order valence-corrected chi connectivity index (χ2v) is 8.62. The van der Waals surface area contributed by atoms with Gasteiger partial charge in [0, 0.05) is 23.8 Å². The van der Waals surface area contributed by atoms with Gasteiger partial charge in [0.25, 0.3) is 11.8 Å². The summed E-state index contributed by atoms with van der Waals surface area (Å²) in [6.07, 6.45) is -7.61. The van der Waals surface area contributed by atoms with Gasteiger partial charge in [0.2, 0.25) is 6.43 Å². The van der Waals surface area contributed by atoms with Gasteiger partial charge in [0.15, 0.2) is 0 Å². The molecular weight excluding hydrogens is 382 g/mol. The topological polar surface area (TPSA) is 69.6 Å². The van der Waals surface area contributed by atoms with Crippen LogP contribution in [0, 0.1) is 5.41 Å². The highest BCUT2D eigenvalue weighted by atomic mass is 19.3. The summed E-state index contributed by atoms with van der Waals surface area (Å²) in [5.74, 6) is -9.91. The standard InChI is InChI=1S/C16H18F6N2O3/c17-11(18)12-3-13(4-12,5-12)23-8(25)9(26)24-7-16(21,22)10(27)14(24)1-2-15(19,20)6-14/h10-11,27H,1-7H2,(H,23,25)/t10-,12?,13?,14-/m1/s1. The lowest BCUT2D eigenvalue weighted by atomic mass is 9.39. The predicted molar refractivity (Wildman–Crippen MR) is 77.4 cm³/mol. The van der Waals surface area contributed by atoms with Gasteiger partial charge in [0.05, 0.1) is 12.1 Å². The minimum atomic E-state index is -3.83. The second-order valence-electron chi connectivity index (χ2n) is 8.62.